The third-order valence-electron chi connectivity index (χ3n) is 4.70. The molecule has 21 heavy (non-hydrogen) atoms. The van der Waals surface area contributed by atoms with Crippen LogP contribution in [0, 0.1) is 18.6 Å². The molecule has 0 radical (unpaired) electrons. The van der Waals surface area contributed by atoms with Crippen LogP contribution in [0.3, 0.4) is 0 Å². The minimum Gasteiger partial charge on any atom is -0.323 e. The number of thioether (sulfide) groups is 1. The second-order valence-electron chi connectivity index (χ2n) is 5.90. The van der Waals surface area contributed by atoms with E-state index in [9.17, 15) is 4.79 Å². The van der Waals surface area contributed by atoms with Crippen molar-refractivity contribution in [2.45, 2.75) is 50.8 Å². The predicted molar refractivity (Wildman–Crippen MR) is 95.5 cm³/mol. The molecule has 2 aromatic rings. The van der Waals surface area contributed by atoms with Gasteiger partial charge in [0.25, 0.3) is 5.56 Å². The van der Waals surface area contributed by atoms with Gasteiger partial charge in [-0.1, -0.05) is 12.8 Å². The summed E-state index contributed by atoms with van der Waals surface area (Å²) in [6.45, 7) is 4.81. The van der Waals surface area contributed by atoms with Crippen molar-refractivity contribution in [3.63, 3.8) is 0 Å². The number of nitrogens with zero attached hydrogens (tertiary/aromatic N) is 1. The van der Waals surface area contributed by atoms with Crippen molar-refractivity contribution in [1.82, 2.24) is 9.55 Å². The summed E-state index contributed by atoms with van der Waals surface area (Å²) in [7, 11) is 0. The lowest BCUT2D eigenvalue weighted by atomic mass is 10.1. The van der Waals surface area contributed by atoms with E-state index in [4.69, 9.17) is 12.2 Å². The first kappa shape index (κ1) is 15.3. The molecule has 0 saturated heterocycles. The zero-order chi connectivity index (χ0) is 15.2. The van der Waals surface area contributed by atoms with Crippen LogP contribution in [0.5, 0.6) is 0 Å². The molecule has 3 nitrogen and oxygen atoms in total. The van der Waals surface area contributed by atoms with Crippen molar-refractivity contribution in [3.8, 4) is 0 Å². The molecule has 3 rings (SSSR count). The molecule has 6 heteroatoms. The molecular weight excluding hydrogens is 320 g/mol. The van der Waals surface area contributed by atoms with E-state index in [1.165, 1.54) is 30.6 Å². The smallest absolute Gasteiger partial charge is 0.263 e. The number of aryl methyl sites for hydroxylation is 2. The van der Waals surface area contributed by atoms with Crippen molar-refractivity contribution in [1.29, 1.82) is 0 Å². The predicted octanol–water partition coefficient (Wildman–Crippen LogP) is 4.41. The maximum atomic E-state index is 12.9. The van der Waals surface area contributed by atoms with Crippen molar-refractivity contribution < 1.29 is 0 Å². The van der Waals surface area contributed by atoms with Gasteiger partial charge in [0.2, 0.25) is 0 Å². The average molecular weight is 341 g/mol. The van der Waals surface area contributed by atoms with Crippen molar-refractivity contribution >= 4 is 45.5 Å². The highest BCUT2D eigenvalue weighted by Crippen LogP contribution is 2.41. The van der Waals surface area contributed by atoms with E-state index in [1.807, 2.05) is 18.7 Å². The summed E-state index contributed by atoms with van der Waals surface area (Å²) in [5.74, 6) is 0. The molecule has 1 N–H and O–H groups in total. The fourth-order valence-electron chi connectivity index (χ4n) is 3.24. The van der Waals surface area contributed by atoms with Crippen LogP contribution in [-0.2, 0) is 6.54 Å². The van der Waals surface area contributed by atoms with Gasteiger partial charge in [0.1, 0.15) is 4.83 Å². The number of hydrogen-bond donors (Lipinski definition) is 1. The van der Waals surface area contributed by atoms with Gasteiger partial charge in [-0.2, -0.15) is 11.8 Å². The first-order valence-electron chi connectivity index (χ1n) is 7.25. The highest BCUT2D eigenvalue weighted by atomic mass is 32.2. The molecule has 1 fully saturated rings. The number of thiophene rings is 1. The summed E-state index contributed by atoms with van der Waals surface area (Å²) in [6.07, 6.45) is 7.02. The monoisotopic (exact) mass is 340 g/mol. The van der Waals surface area contributed by atoms with Crippen LogP contribution in [0.2, 0.25) is 0 Å². The summed E-state index contributed by atoms with van der Waals surface area (Å²) >= 11 is 8.97. The second kappa shape index (κ2) is 5.56. The number of nitrogens with one attached hydrogen (secondary N) is 1. The van der Waals surface area contributed by atoms with Gasteiger partial charge >= 0.3 is 0 Å². The largest absolute Gasteiger partial charge is 0.323 e. The van der Waals surface area contributed by atoms with Crippen molar-refractivity contribution in [2.75, 3.05) is 6.26 Å². The number of aromatic nitrogens is 2. The zero-order valence-corrected chi connectivity index (χ0v) is 15.1. The highest BCUT2D eigenvalue weighted by molar-refractivity contribution is 8.00. The van der Waals surface area contributed by atoms with E-state index < -0.39 is 0 Å². The van der Waals surface area contributed by atoms with Crippen molar-refractivity contribution in [3.05, 3.63) is 25.6 Å². The van der Waals surface area contributed by atoms with Gasteiger partial charge in [-0.05, 0) is 50.7 Å². The number of fused-ring (bicyclic) bond motifs is 1. The Bertz CT molecular complexity index is 794. The molecule has 0 aliphatic heterocycles. The second-order valence-corrected chi connectivity index (χ2v) is 8.79. The summed E-state index contributed by atoms with van der Waals surface area (Å²) < 4.78 is 2.53. The van der Waals surface area contributed by atoms with E-state index in [-0.39, 0.29) is 10.3 Å². The SMILES string of the molecule is CSC1(Cn2c(=S)[nH]c3sc(C)c(C)c3c2=O)CCCC1. The Balaban J connectivity index is 2.17. The Kier molecular flexibility index (Phi) is 4.05. The topological polar surface area (TPSA) is 37.8 Å². The van der Waals surface area contributed by atoms with E-state index in [0.29, 0.717) is 4.77 Å². The summed E-state index contributed by atoms with van der Waals surface area (Å²) in [4.78, 5) is 18.3. The Morgan fingerprint density at radius 1 is 1.38 bits per heavy atom. The van der Waals surface area contributed by atoms with Crippen LogP contribution in [0.15, 0.2) is 4.79 Å². The van der Waals surface area contributed by atoms with Crippen LogP contribution >= 0.6 is 35.3 Å². The molecular formula is C15H20N2OS3. The van der Waals surface area contributed by atoms with Gasteiger partial charge in [0, 0.05) is 16.2 Å². The number of aromatic amines is 1. The summed E-state index contributed by atoms with van der Waals surface area (Å²) in [5, 5.41) is 0.820. The van der Waals surface area contributed by atoms with Crippen LogP contribution in [0.1, 0.15) is 36.1 Å². The molecule has 114 valence electrons. The normalized spacial score (nSPS) is 17.7. The van der Waals surface area contributed by atoms with Gasteiger partial charge in [-0.15, -0.1) is 11.3 Å². The first-order chi connectivity index (χ1) is 9.97. The Labute approximate surface area is 137 Å². The molecule has 1 saturated carbocycles. The molecule has 1 aliphatic carbocycles. The van der Waals surface area contributed by atoms with Crippen molar-refractivity contribution in [2.24, 2.45) is 0 Å². The molecule has 2 aromatic heterocycles. The maximum absolute atomic E-state index is 12.9. The molecule has 2 heterocycles. The molecule has 0 aromatic carbocycles. The minimum absolute atomic E-state index is 0.0796. The third-order valence-corrected chi connectivity index (χ3v) is 7.55. The van der Waals surface area contributed by atoms with Gasteiger partial charge < -0.3 is 4.98 Å². The third kappa shape index (κ3) is 2.51. The van der Waals surface area contributed by atoms with Gasteiger partial charge in [0.05, 0.1) is 5.39 Å². The summed E-state index contributed by atoms with van der Waals surface area (Å²) in [5.41, 5.74) is 1.17. The van der Waals surface area contributed by atoms with Gasteiger partial charge in [-0.25, -0.2) is 0 Å². The fraction of sp³-hybridized carbons (Fsp3) is 0.600. The van der Waals surface area contributed by atoms with Crippen LogP contribution in [-0.4, -0.2) is 20.6 Å². The minimum atomic E-state index is 0.0796. The Hall–Kier alpha value is -0.590. The van der Waals surface area contributed by atoms with E-state index in [1.54, 1.807) is 15.9 Å². The first-order valence-corrected chi connectivity index (χ1v) is 9.70. The molecule has 0 amide bonds. The van der Waals surface area contributed by atoms with E-state index in [2.05, 4.69) is 18.2 Å². The van der Waals surface area contributed by atoms with Crippen LogP contribution in [0.25, 0.3) is 10.2 Å². The molecule has 0 atom stereocenters. The fourth-order valence-corrected chi connectivity index (χ4v) is 5.56. The molecule has 0 unspecified atom stereocenters. The van der Waals surface area contributed by atoms with E-state index in [0.717, 1.165) is 22.3 Å². The van der Waals surface area contributed by atoms with Gasteiger partial charge in [0.15, 0.2) is 4.77 Å². The summed E-state index contributed by atoms with van der Waals surface area (Å²) in [6, 6.07) is 0. The highest BCUT2D eigenvalue weighted by Gasteiger charge is 2.34. The molecule has 0 bridgehead atoms. The van der Waals surface area contributed by atoms with E-state index >= 15 is 0 Å². The van der Waals surface area contributed by atoms with Crippen LogP contribution in [0.4, 0.5) is 0 Å². The molecule has 1 aliphatic rings. The lowest BCUT2D eigenvalue weighted by Crippen LogP contribution is -2.34. The quantitative estimate of drug-likeness (QED) is 0.841. The number of H-pyrrole nitrogens is 1. The maximum Gasteiger partial charge on any atom is 0.263 e. The average Bonchev–Trinajstić information content (AvgIpc) is 3.02. The standard InChI is InChI=1S/C15H20N2OS3/c1-9-10(2)21-12-11(9)13(18)17(14(19)16-12)8-15(20-3)6-4-5-7-15/h4-8H2,1-3H3,(H,16,19). The lowest BCUT2D eigenvalue weighted by Gasteiger charge is -2.27. The lowest BCUT2D eigenvalue weighted by molar-refractivity contribution is 0.489. The zero-order valence-electron chi connectivity index (χ0n) is 12.6. The van der Waals surface area contributed by atoms with Gasteiger partial charge in [-0.3, -0.25) is 9.36 Å². The number of rotatable bonds is 3. The Morgan fingerprint density at radius 2 is 2.05 bits per heavy atom. The Morgan fingerprint density at radius 3 is 2.67 bits per heavy atom. The van der Waals surface area contributed by atoms with Crippen LogP contribution < -0.4 is 5.56 Å². The number of hydrogen-bond acceptors (Lipinski definition) is 4. The molecule has 0 spiro atoms.